The molecule has 19 heavy (non-hydrogen) atoms. The van der Waals surface area contributed by atoms with E-state index in [1.807, 2.05) is 56.3 Å². The van der Waals surface area contributed by atoms with Gasteiger partial charge in [-0.3, -0.25) is 0 Å². The Morgan fingerprint density at radius 3 is 2.16 bits per heavy atom. The van der Waals surface area contributed by atoms with E-state index in [2.05, 4.69) is 11.4 Å². The second-order valence-corrected chi connectivity index (χ2v) is 4.96. The third-order valence-corrected chi connectivity index (χ3v) is 3.37. The Labute approximate surface area is 118 Å². The Kier molecular flexibility index (Phi) is 4.09. The largest absolute Gasteiger partial charge is 0.366 e. The van der Waals surface area contributed by atoms with Gasteiger partial charge in [0.25, 0.3) is 0 Å². The minimum absolute atomic E-state index is 0.359. The highest BCUT2D eigenvalue weighted by Crippen LogP contribution is 2.25. The average molecular weight is 271 g/mol. The van der Waals surface area contributed by atoms with E-state index in [1.54, 1.807) is 0 Å². The van der Waals surface area contributed by atoms with Gasteiger partial charge in [0, 0.05) is 10.7 Å². The fourth-order valence-electron chi connectivity index (χ4n) is 2.16. The second-order valence-electron chi connectivity index (χ2n) is 4.52. The predicted octanol–water partition coefficient (Wildman–Crippen LogP) is 4.63. The zero-order valence-electron chi connectivity index (χ0n) is 10.9. The summed E-state index contributed by atoms with van der Waals surface area (Å²) in [6.07, 6.45) is 0. The summed E-state index contributed by atoms with van der Waals surface area (Å²) >= 11 is 5.86. The summed E-state index contributed by atoms with van der Waals surface area (Å²) in [5, 5.41) is 13.3. The van der Waals surface area contributed by atoms with Crippen molar-refractivity contribution in [3.05, 3.63) is 64.2 Å². The topological polar surface area (TPSA) is 35.8 Å². The minimum Gasteiger partial charge on any atom is -0.366 e. The van der Waals surface area contributed by atoms with Crippen LogP contribution in [0.2, 0.25) is 5.02 Å². The first-order valence-electron chi connectivity index (χ1n) is 6.09. The Balaban J connectivity index is 2.31. The molecule has 2 aromatic rings. The van der Waals surface area contributed by atoms with Crippen molar-refractivity contribution in [3.63, 3.8) is 0 Å². The minimum atomic E-state index is -0.359. The number of aryl methyl sites for hydroxylation is 2. The normalized spacial score (nSPS) is 11.7. The number of anilines is 1. The molecule has 0 heterocycles. The molecule has 3 heteroatoms. The van der Waals surface area contributed by atoms with E-state index in [0.29, 0.717) is 5.02 Å². The smallest absolute Gasteiger partial charge is 0.140 e. The summed E-state index contributed by atoms with van der Waals surface area (Å²) < 4.78 is 0. The van der Waals surface area contributed by atoms with Crippen LogP contribution >= 0.6 is 11.6 Å². The van der Waals surface area contributed by atoms with Crippen molar-refractivity contribution in [1.29, 1.82) is 5.26 Å². The fraction of sp³-hybridized carbons (Fsp3) is 0.188. The number of halogens is 1. The molecule has 0 radical (unpaired) electrons. The summed E-state index contributed by atoms with van der Waals surface area (Å²) in [5.74, 6) is 0. The van der Waals surface area contributed by atoms with Gasteiger partial charge in [0.1, 0.15) is 6.04 Å². The number of benzene rings is 2. The summed E-state index contributed by atoms with van der Waals surface area (Å²) in [4.78, 5) is 0. The molecule has 0 aliphatic carbocycles. The molecule has 1 atom stereocenters. The number of nitriles is 1. The SMILES string of the molecule is Cc1cccc(C)c1C(C#N)Nc1ccc(Cl)cc1. The first-order chi connectivity index (χ1) is 9.11. The molecule has 2 rings (SSSR count). The standard InChI is InChI=1S/C16H15ClN2/c1-11-4-3-5-12(2)16(11)15(10-18)19-14-8-6-13(17)7-9-14/h3-9,15,19H,1-2H3. The summed E-state index contributed by atoms with van der Waals surface area (Å²) in [7, 11) is 0. The lowest BCUT2D eigenvalue weighted by Gasteiger charge is -2.18. The highest BCUT2D eigenvalue weighted by Gasteiger charge is 2.15. The average Bonchev–Trinajstić information content (AvgIpc) is 2.39. The van der Waals surface area contributed by atoms with E-state index in [9.17, 15) is 5.26 Å². The third kappa shape index (κ3) is 3.07. The molecule has 0 fully saturated rings. The van der Waals surface area contributed by atoms with Crippen molar-refractivity contribution in [2.45, 2.75) is 19.9 Å². The molecular weight excluding hydrogens is 256 g/mol. The van der Waals surface area contributed by atoms with Crippen LogP contribution in [0, 0.1) is 25.2 Å². The molecule has 0 aromatic heterocycles. The lowest BCUT2D eigenvalue weighted by atomic mass is 9.96. The maximum Gasteiger partial charge on any atom is 0.140 e. The van der Waals surface area contributed by atoms with Crippen LogP contribution in [0.1, 0.15) is 22.7 Å². The molecule has 1 unspecified atom stereocenters. The van der Waals surface area contributed by atoms with Crippen molar-refractivity contribution in [2.75, 3.05) is 5.32 Å². The van der Waals surface area contributed by atoms with E-state index < -0.39 is 0 Å². The van der Waals surface area contributed by atoms with Crippen LogP contribution in [0.4, 0.5) is 5.69 Å². The van der Waals surface area contributed by atoms with Gasteiger partial charge in [-0.25, -0.2) is 0 Å². The summed E-state index contributed by atoms with van der Waals surface area (Å²) in [6.45, 7) is 4.05. The van der Waals surface area contributed by atoms with Gasteiger partial charge in [0.05, 0.1) is 6.07 Å². The number of nitrogens with one attached hydrogen (secondary N) is 1. The number of rotatable bonds is 3. The van der Waals surface area contributed by atoms with Gasteiger partial charge in [-0.15, -0.1) is 0 Å². The molecule has 2 nitrogen and oxygen atoms in total. The lowest BCUT2D eigenvalue weighted by molar-refractivity contribution is 0.965. The lowest BCUT2D eigenvalue weighted by Crippen LogP contribution is -2.11. The molecule has 1 N–H and O–H groups in total. The second kappa shape index (κ2) is 5.77. The highest BCUT2D eigenvalue weighted by molar-refractivity contribution is 6.30. The van der Waals surface area contributed by atoms with Gasteiger partial charge < -0.3 is 5.32 Å². The molecule has 0 aliphatic rings. The summed E-state index contributed by atoms with van der Waals surface area (Å²) in [6, 6.07) is 15.4. The molecule has 0 spiro atoms. The summed E-state index contributed by atoms with van der Waals surface area (Å²) in [5.41, 5.74) is 4.17. The van der Waals surface area contributed by atoms with Crippen LogP contribution in [-0.2, 0) is 0 Å². The van der Waals surface area contributed by atoms with Crippen molar-refractivity contribution in [3.8, 4) is 6.07 Å². The number of hydrogen-bond acceptors (Lipinski definition) is 2. The molecule has 0 bridgehead atoms. The molecule has 0 saturated heterocycles. The van der Waals surface area contributed by atoms with Crippen molar-refractivity contribution >= 4 is 17.3 Å². The van der Waals surface area contributed by atoms with Gasteiger partial charge in [0.15, 0.2) is 0 Å². The van der Waals surface area contributed by atoms with E-state index in [4.69, 9.17) is 11.6 Å². The predicted molar refractivity (Wildman–Crippen MR) is 79.3 cm³/mol. The molecule has 0 aliphatic heterocycles. The van der Waals surface area contributed by atoms with Crippen LogP contribution in [0.3, 0.4) is 0 Å². The van der Waals surface area contributed by atoms with Gasteiger partial charge in [-0.2, -0.15) is 5.26 Å². The van der Waals surface area contributed by atoms with Crippen LogP contribution < -0.4 is 5.32 Å². The molecule has 0 amide bonds. The van der Waals surface area contributed by atoms with Gasteiger partial charge in [-0.05, 0) is 54.8 Å². The third-order valence-electron chi connectivity index (χ3n) is 3.12. The Morgan fingerprint density at radius 2 is 1.63 bits per heavy atom. The number of nitrogens with zero attached hydrogens (tertiary/aromatic N) is 1. The van der Waals surface area contributed by atoms with Crippen LogP contribution in [0.15, 0.2) is 42.5 Å². The van der Waals surface area contributed by atoms with Gasteiger partial charge >= 0.3 is 0 Å². The Hall–Kier alpha value is -1.98. The van der Waals surface area contributed by atoms with Gasteiger partial charge in [-0.1, -0.05) is 29.8 Å². The Morgan fingerprint density at radius 1 is 1.05 bits per heavy atom. The zero-order chi connectivity index (χ0) is 13.8. The monoisotopic (exact) mass is 270 g/mol. The highest BCUT2D eigenvalue weighted by atomic mass is 35.5. The van der Waals surface area contributed by atoms with Crippen molar-refractivity contribution < 1.29 is 0 Å². The van der Waals surface area contributed by atoms with Crippen LogP contribution in [0.5, 0.6) is 0 Å². The van der Waals surface area contributed by atoms with Gasteiger partial charge in [0.2, 0.25) is 0 Å². The Bertz CT molecular complexity index is 591. The van der Waals surface area contributed by atoms with E-state index >= 15 is 0 Å². The first-order valence-corrected chi connectivity index (χ1v) is 6.47. The zero-order valence-corrected chi connectivity index (χ0v) is 11.7. The molecule has 2 aromatic carbocycles. The van der Waals surface area contributed by atoms with Crippen molar-refractivity contribution in [2.24, 2.45) is 0 Å². The quantitative estimate of drug-likeness (QED) is 0.882. The maximum absolute atomic E-state index is 9.41. The van der Waals surface area contributed by atoms with E-state index in [0.717, 1.165) is 22.4 Å². The van der Waals surface area contributed by atoms with Crippen LogP contribution in [0.25, 0.3) is 0 Å². The molecule has 96 valence electrons. The van der Waals surface area contributed by atoms with Crippen molar-refractivity contribution in [1.82, 2.24) is 0 Å². The first kappa shape index (κ1) is 13.5. The number of hydrogen-bond donors (Lipinski definition) is 1. The molecule has 0 saturated carbocycles. The maximum atomic E-state index is 9.41. The van der Waals surface area contributed by atoms with Crippen LogP contribution in [-0.4, -0.2) is 0 Å². The van der Waals surface area contributed by atoms with E-state index in [1.165, 1.54) is 0 Å². The van der Waals surface area contributed by atoms with E-state index in [-0.39, 0.29) is 6.04 Å². The molecular formula is C16H15ClN2. The fourth-order valence-corrected chi connectivity index (χ4v) is 2.29.